The first-order valence-corrected chi connectivity index (χ1v) is 6.94. The van der Waals surface area contributed by atoms with E-state index in [0.29, 0.717) is 0 Å². The van der Waals surface area contributed by atoms with Crippen molar-refractivity contribution in [2.24, 2.45) is 4.99 Å². The molecule has 2 aromatic carbocycles. The summed E-state index contributed by atoms with van der Waals surface area (Å²) in [7, 11) is 0. The van der Waals surface area contributed by atoms with Gasteiger partial charge in [-0.15, -0.1) is 0 Å². The van der Waals surface area contributed by atoms with Gasteiger partial charge in [-0.1, -0.05) is 48.0 Å². The number of aromatic nitrogens is 1. The maximum Gasteiger partial charge on any atom is 0.0456 e. The van der Waals surface area contributed by atoms with Crippen molar-refractivity contribution in [1.29, 1.82) is 0 Å². The Labute approximate surface area is 119 Å². The summed E-state index contributed by atoms with van der Waals surface area (Å²) in [6.45, 7) is 2.91. The molecule has 0 amide bonds. The highest BCUT2D eigenvalue weighted by molar-refractivity contribution is 5.83. The fourth-order valence-corrected chi connectivity index (χ4v) is 2.35. The van der Waals surface area contributed by atoms with E-state index in [9.17, 15) is 0 Å². The van der Waals surface area contributed by atoms with Crippen molar-refractivity contribution in [3.8, 4) is 0 Å². The highest BCUT2D eigenvalue weighted by Crippen LogP contribution is 2.17. The lowest BCUT2D eigenvalue weighted by molar-refractivity contribution is 0.981. The Morgan fingerprint density at radius 1 is 1.05 bits per heavy atom. The molecule has 3 aromatic rings. The Balaban J connectivity index is 1.64. The molecule has 2 heteroatoms. The van der Waals surface area contributed by atoms with E-state index in [0.717, 1.165) is 18.5 Å². The smallest absolute Gasteiger partial charge is 0.0456 e. The molecule has 0 saturated carbocycles. The second-order valence-corrected chi connectivity index (χ2v) is 5.06. The van der Waals surface area contributed by atoms with Crippen LogP contribution in [0.15, 0.2) is 59.7 Å². The molecule has 3 rings (SSSR count). The molecule has 0 radical (unpaired) electrons. The third kappa shape index (κ3) is 2.80. The number of H-pyrrole nitrogens is 1. The van der Waals surface area contributed by atoms with Crippen LogP contribution in [0.3, 0.4) is 0 Å². The first-order valence-electron chi connectivity index (χ1n) is 6.94. The van der Waals surface area contributed by atoms with E-state index in [2.05, 4.69) is 71.6 Å². The Morgan fingerprint density at radius 2 is 1.85 bits per heavy atom. The van der Waals surface area contributed by atoms with E-state index < -0.39 is 0 Å². The molecule has 0 aliphatic carbocycles. The molecule has 0 fully saturated rings. The number of rotatable bonds is 4. The minimum Gasteiger partial charge on any atom is -0.361 e. The Kier molecular flexibility index (Phi) is 3.64. The maximum atomic E-state index is 4.51. The van der Waals surface area contributed by atoms with Gasteiger partial charge in [-0.2, -0.15) is 0 Å². The number of hydrogen-bond donors (Lipinski definition) is 1. The molecule has 100 valence electrons. The molecule has 0 bridgehead atoms. The van der Waals surface area contributed by atoms with Crippen molar-refractivity contribution in [3.63, 3.8) is 0 Å². The van der Waals surface area contributed by atoms with Gasteiger partial charge >= 0.3 is 0 Å². The third-order valence-corrected chi connectivity index (χ3v) is 3.50. The number of nitrogens with zero attached hydrogens (tertiary/aromatic N) is 1. The quantitative estimate of drug-likeness (QED) is 0.685. The third-order valence-electron chi connectivity index (χ3n) is 3.50. The highest BCUT2D eigenvalue weighted by atomic mass is 14.7. The Morgan fingerprint density at radius 3 is 2.70 bits per heavy atom. The van der Waals surface area contributed by atoms with Crippen molar-refractivity contribution in [2.45, 2.75) is 13.3 Å². The van der Waals surface area contributed by atoms with E-state index in [4.69, 9.17) is 0 Å². The van der Waals surface area contributed by atoms with Crippen LogP contribution in [0, 0.1) is 6.92 Å². The number of para-hydroxylation sites is 1. The second kappa shape index (κ2) is 5.74. The molecule has 0 saturated heterocycles. The van der Waals surface area contributed by atoms with Gasteiger partial charge in [0.15, 0.2) is 0 Å². The first-order chi connectivity index (χ1) is 9.83. The summed E-state index contributed by atoms with van der Waals surface area (Å²) >= 11 is 0. The van der Waals surface area contributed by atoms with Crippen LogP contribution in [0.4, 0.5) is 0 Å². The van der Waals surface area contributed by atoms with Gasteiger partial charge in [-0.05, 0) is 30.5 Å². The van der Waals surface area contributed by atoms with Crippen LogP contribution in [0.2, 0.25) is 0 Å². The minimum atomic E-state index is 0.815. The molecule has 0 aliphatic rings. The minimum absolute atomic E-state index is 0.815. The Hall–Kier alpha value is -2.35. The summed E-state index contributed by atoms with van der Waals surface area (Å²) in [5.74, 6) is 0. The number of fused-ring (bicyclic) bond motifs is 1. The maximum absolute atomic E-state index is 4.51. The van der Waals surface area contributed by atoms with E-state index in [1.54, 1.807) is 0 Å². The van der Waals surface area contributed by atoms with Gasteiger partial charge in [0.05, 0.1) is 0 Å². The summed E-state index contributed by atoms with van der Waals surface area (Å²) in [5.41, 5.74) is 4.97. The molecule has 1 heterocycles. The number of hydrogen-bond acceptors (Lipinski definition) is 1. The van der Waals surface area contributed by atoms with Crippen molar-refractivity contribution in [1.82, 2.24) is 4.98 Å². The van der Waals surface area contributed by atoms with Gasteiger partial charge in [0.1, 0.15) is 0 Å². The predicted molar refractivity (Wildman–Crippen MR) is 85.6 cm³/mol. The zero-order valence-electron chi connectivity index (χ0n) is 11.6. The van der Waals surface area contributed by atoms with Gasteiger partial charge in [0, 0.05) is 29.9 Å². The highest BCUT2D eigenvalue weighted by Gasteiger charge is 2.01. The monoisotopic (exact) mass is 262 g/mol. The molecule has 1 N–H and O–H groups in total. The van der Waals surface area contributed by atoms with E-state index in [-0.39, 0.29) is 0 Å². The number of benzene rings is 2. The van der Waals surface area contributed by atoms with Crippen molar-refractivity contribution >= 4 is 17.1 Å². The summed E-state index contributed by atoms with van der Waals surface area (Å²) in [5, 5.41) is 1.30. The number of aryl methyl sites for hydroxylation is 1. The molecule has 2 nitrogen and oxygen atoms in total. The van der Waals surface area contributed by atoms with E-state index >= 15 is 0 Å². The first kappa shape index (κ1) is 12.7. The van der Waals surface area contributed by atoms with Crippen LogP contribution in [0.1, 0.15) is 16.7 Å². The van der Waals surface area contributed by atoms with Gasteiger partial charge in [-0.3, -0.25) is 4.99 Å². The molecule has 0 spiro atoms. The van der Waals surface area contributed by atoms with Gasteiger partial charge in [0.25, 0.3) is 0 Å². The fourth-order valence-electron chi connectivity index (χ4n) is 2.35. The fraction of sp³-hybridized carbons (Fsp3) is 0.167. The molecular formula is C18H18N2. The van der Waals surface area contributed by atoms with Crippen molar-refractivity contribution < 1.29 is 0 Å². The van der Waals surface area contributed by atoms with Gasteiger partial charge in [0.2, 0.25) is 0 Å². The normalized spacial score (nSPS) is 11.4. The summed E-state index contributed by atoms with van der Waals surface area (Å²) < 4.78 is 0. The van der Waals surface area contributed by atoms with Crippen LogP contribution in [-0.4, -0.2) is 17.7 Å². The Bertz CT molecular complexity index is 721. The summed E-state index contributed by atoms with van der Waals surface area (Å²) in [6, 6.07) is 16.8. The molecule has 0 atom stereocenters. The average Bonchev–Trinajstić information content (AvgIpc) is 2.89. The largest absolute Gasteiger partial charge is 0.361 e. The lowest BCUT2D eigenvalue weighted by Gasteiger charge is -1.97. The van der Waals surface area contributed by atoms with Crippen molar-refractivity contribution in [3.05, 3.63) is 71.4 Å². The van der Waals surface area contributed by atoms with Crippen LogP contribution in [-0.2, 0) is 6.42 Å². The lowest BCUT2D eigenvalue weighted by atomic mass is 10.1. The number of nitrogens with one attached hydrogen (secondary N) is 1. The topological polar surface area (TPSA) is 28.1 Å². The van der Waals surface area contributed by atoms with Crippen LogP contribution in [0.5, 0.6) is 0 Å². The van der Waals surface area contributed by atoms with Gasteiger partial charge in [-0.25, -0.2) is 0 Å². The lowest BCUT2D eigenvalue weighted by Crippen LogP contribution is -1.90. The standard InChI is InChI=1S/C18H18N2/c1-14-6-8-15(9-7-14)12-19-11-10-16-13-20-18-5-3-2-4-17(16)18/h2-9,12-13,20H,10-11H2,1H3. The van der Waals surface area contributed by atoms with E-state index in [1.165, 1.54) is 22.0 Å². The zero-order valence-corrected chi connectivity index (χ0v) is 11.6. The average molecular weight is 262 g/mol. The van der Waals surface area contributed by atoms with Crippen LogP contribution >= 0.6 is 0 Å². The van der Waals surface area contributed by atoms with E-state index in [1.807, 2.05) is 6.21 Å². The predicted octanol–water partition coefficient (Wildman–Crippen LogP) is 4.14. The molecule has 0 unspecified atom stereocenters. The van der Waals surface area contributed by atoms with Crippen LogP contribution < -0.4 is 0 Å². The molecule has 20 heavy (non-hydrogen) atoms. The molecule has 1 aromatic heterocycles. The summed E-state index contributed by atoms with van der Waals surface area (Å²) in [6.07, 6.45) is 5.01. The van der Waals surface area contributed by atoms with Crippen molar-refractivity contribution in [2.75, 3.05) is 6.54 Å². The molecule has 0 aliphatic heterocycles. The second-order valence-electron chi connectivity index (χ2n) is 5.06. The number of aromatic amines is 1. The zero-order chi connectivity index (χ0) is 13.8. The SMILES string of the molecule is Cc1ccc(C=NCCc2c[nH]c3ccccc23)cc1. The summed E-state index contributed by atoms with van der Waals surface area (Å²) in [4.78, 5) is 7.82. The number of aliphatic imine (C=N–C) groups is 1. The molecular weight excluding hydrogens is 244 g/mol. The van der Waals surface area contributed by atoms with Gasteiger partial charge < -0.3 is 4.98 Å². The van der Waals surface area contributed by atoms with Crippen LogP contribution in [0.25, 0.3) is 10.9 Å².